The van der Waals surface area contributed by atoms with Gasteiger partial charge in [0.05, 0.1) is 13.2 Å². The Bertz CT molecular complexity index is 1350. The number of hydrogen-bond donors (Lipinski definition) is 1. The molecule has 4 aliphatic rings. The van der Waals surface area contributed by atoms with E-state index in [1.807, 2.05) is 17.0 Å². The third kappa shape index (κ3) is 6.10. The van der Waals surface area contributed by atoms with Crippen molar-refractivity contribution in [2.45, 2.75) is 45.3 Å². The Morgan fingerprint density at radius 3 is 2.46 bits per heavy atom. The van der Waals surface area contributed by atoms with E-state index in [4.69, 9.17) is 9.47 Å². The molecule has 2 aromatic carbocycles. The van der Waals surface area contributed by atoms with Crippen LogP contribution in [0.15, 0.2) is 70.9 Å². The number of amides is 1. The van der Waals surface area contributed by atoms with E-state index in [2.05, 4.69) is 70.7 Å². The van der Waals surface area contributed by atoms with Gasteiger partial charge in [-0.2, -0.15) is 0 Å². The number of nitrogens with one attached hydrogen (secondary N) is 1. The molecule has 0 bridgehead atoms. The van der Waals surface area contributed by atoms with Crippen LogP contribution in [-0.2, 0) is 14.3 Å². The normalized spacial score (nSPS) is 23.1. The Hall–Kier alpha value is -1.85. The van der Waals surface area contributed by atoms with E-state index in [9.17, 15) is 4.79 Å². The number of aliphatic imine (C=N–C) groups is 1. The molecule has 1 saturated carbocycles. The van der Waals surface area contributed by atoms with E-state index in [0.29, 0.717) is 21.6 Å². The standard InChI is InChI=1S/C32H36I2N2O3/c1-21-4-6-24(7-5-21)29(26-16-32(17-26)19-34(3)20-32)25-10-8-23(9-11-25)22(2)35-30(37)28-12-14-33-31(36-28)39-27-13-15-38-18-27/h4-12,14,22,27H,13,15-20H2,1-3H3,(H,35,37)/t22-,27-/m1/s1. The topological polar surface area (TPSA) is 59.9 Å². The van der Waals surface area contributed by atoms with Crippen LogP contribution in [0, 0.1) is 12.3 Å². The molecule has 2 saturated heterocycles. The van der Waals surface area contributed by atoms with Gasteiger partial charge in [0.2, 0.25) is 3.90 Å². The number of aryl methyl sites for hydroxylation is 1. The summed E-state index contributed by atoms with van der Waals surface area (Å²) in [4.78, 5) is 20.1. The van der Waals surface area contributed by atoms with Crippen LogP contribution in [0.25, 0.3) is 5.57 Å². The van der Waals surface area contributed by atoms with Gasteiger partial charge in [0.25, 0.3) is 0 Å². The van der Waals surface area contributed by atoms with Gasteiger partial charge in [0.15, 0.2) is 0 Å². The minimum atomic E-state index is -0.572. The van der Waals surface area contributed by atoms with Gasteiger partial charge >= 0.3 is 165 Å². The molecule has 5 nitrogen and oxygen atoms in total. The SMILES string of the molecule is Cc1ccc(C(=C2CC3(C2)CI(C)C3)c2ccc([C@@H](C)NC(=O)C3=CC=IC(O[C@@H]4CCOC4)=N3)cc2)cc1. The fourth-order valence-corrected chi connectivity index (χ4v) is 14.1. The predicted octanol–water partition coefficient (Wildman–Crippen LogP) is 6.74. The summed E-state index contributed by atoms with van der Waals surface area (Å²) < 4.78 is 17.2. The Morgan fingerprint density at radius 2 is 1.82 bits per heavy atom. The molecule has 7 heteroatoms. The molecular weight excluding hydrogens is 714 g/mol. The van der Waals surface area contributed by atoms with Crippen LogP contribution in [0.2, 0.25) is 0 Å². The molecule has 206 valence electrons. The Balaban J connectivity index is 1.15. The predicted molar refractivity (Wildman–Crippen MR) is 177 cm³/mol. The second kappa shape index (κ2) is 11.6. The van der Waals surface area contributed by atoms with E-state index >= 15 is 0 Å². The van der Waals surface area contributed by atoms with Crippen molar-refractivity contribution in [3.05, 3.63) is 88.1 Å². The molecule has 2 atom stereocenters. The molecule has 0 aromatic heterocycles. The van der Waals surface area contributed by atoms with Crippen molar-refractivity contribution in [1.29, 1.82) is 0 Å². The molecule has 1 N–H and O–H groups in total. The number of ether oxygens (including phenoxy) is 2. The second-order valence-corrected chi connectivity index (χ2v) is 19.2. The van der Waals surface area contributed by atoms with Crippen LogP contribution < -0.4 is 5.32 Å². The van der Waals surface area contributed by atoms with E-state index in [1.165, 1.54) is 44.0 Å². The number of carbonyl (C=O) groups excluding carboxylic acids is 1. The molecule has 6 rings (SSSR count). The number of carbonyl (C=O) groups is 1. The van der Waals surface area contributed by atoms with Crippen molar-refractivity contribution >= 4 is 59.9 Å². The second-order valence-electron chi connectivity index (χ2n) is 11.3. The van der Waals surface area contributed by atoms with Gasteiger partial charge in [0, 0.05) is 6.42 Å². The number of halogens is 2. The van der Waals surface area contributed by atoms with Gasteiger partial charge in [-0.15, -0.1) is 0 Å². The van der Waals surface area contributed by atoms with Crippen LogP contribution in [-0.4, -0.2) is 46.9 Å². The molecule has 39 heavy (non-hydrogen) atoms. The summed E-state index contributed by atoms with van der Waals surface area (Å²) in [5.74, 6) is -0.170. The van der Waals surface area contributed by atoms with Crippen molar-refractivity contribution < 1.29 is 14.3 Å². The van der Waals surface area contributed by atoms with Crippen molar-refractivity contribution in [3.63, 3.8) is 0 Å². The molecular formula is C32H36I2N2O3. The summed E-state index contributed by atoms with van der Waals surface area (Å²) in [5, 5.41) is 3.13. The number of hydrogen-bond acceptors (Lipinski definition) is 4. The van der Waals surface area contributed by atoms with Crippen LogP contribution in [0.5, 0.6) is 0 Å². The van der Waals surface area contributed by atoms with Gasteiger partial charge in [-0.05, 0) is 30.8 Å². The summed E-state index contributed by atoms with van der Waals surface area (Å²) in [7, 11) is 0. The zero-order valence-corrected chi connectivity index (χ0v) is 27.1. The summed E-state index contributed by atoms with van der Waals surface area (Å²) >= 11 is -1.01. The third-order valence-corrected chi connectivity index (χ3v) is 15.5. The first-order valence-corrected chi connectivity index (χ1v) is 21.1. The molecule has 1 aliphatic carbocycles. The first-order valence-electron chi connectivity index (χ1n) is 13.6. The molecule has 0 radical (unpaired) electrons. The van der Waals surface area contributed by atoms with Crippen LogP contribution in [0.3, 0.4) is 0 Å². The number of rotatable bonds is 6. The van der Waals surface area contributed by atoms with Crippen molar-refractivity contribution in [2.75, 3.05) is 27.0 Å². The number of alkyl halides is 3. The van der Waals surface area contributed by atoms with E-state index in [1.54, 1.807) is 5.57 Å². The summed E-state index contributed by atoms with van der Waals surface area (Å²) in [6.45, 7) is 5.50. The van der Waals surface area contributed by atoms with E-state index in [0.717, 1.165) is 18.6 Å². The molecule has 2 aromatic rings. The summed E-state index contributed by atoms with van der Waals surface area (Å²) in [6.07, 6.45) is 5.29. The Labute approximate surface area is 248 Å². The zero-order chi connectivity index (χ0) is 27.0. The number of nitrogens with zero attached hydrogens (tertiary/aromatic N) is 1. The monoisotopic (exact) mass is 750 g/mol. The number of allylic oxidation sites excluding steroid dienone is 2. The third-order valence-electron chi connectivity index (χ3n) is 7.91. The van der Waals surface area contributed by atoms with Gasteiger partial charge in [0.1, 0.15) is 11.8 Å². The first-order chi connectivity index (χ1) is 18.9. The van der Waals surface area contributed by atoms with E-state index in [-0.39, 0.29) is 18.1 Å². The van der Waals surface area contributed by atoms with Crippen molar-refractivity contribution in [3.8, 4) is 0 Å². The average molecular weight is 750 g/mol. The van der Waals surface area contributed by atoms with Gasteiger partial charge in [-0.25, -0.2) is 4.99 Å². The quantitative estimate of drug-likeness (QED) is 0.263. The molecule has 3 heterocycles. The maximum absolute atomic E-state index is 13.0. The average Bonchev–Trinajstić information content (AvgIpc) is 3.41. The van der Waals surface area contributed by atoms with Gasteiger partial charge in [-0.1, -0.05) is 0 Å². The van der Waals surface area contributed by atoms with Crippen LogP contribution in [0.4, 0.5) is 0 Å². The van der Waals surface area contributed by atoms with Crippen LogP contribution in [0.1, 0.15) is 54.5 Å². The maximum atomic E-state index is 13.0. The molecule has 0 unspecified atom stereocenters. The van der Waals surface area contributed by atoms with E-state index < -0.39 is 40.6 Å². The Morgan fingerprint density at radius 1 is 1.13 bits per heavy atom. The summed E-state index contributed by atoms with van der Waals surface area (Å²) in [5.41, 5.74) is 9.03. The first kappa shape index (κ1) is 27.3. The van der Waals surface area contributed by atoms with Gasteiger partial charge < -0.3 is 9.47 Å². The van der Waals surface area contributed by atoms with Crippen molar-refractivity contribution in [1.82, 2.24) is 5.32 Å². The Kier molecular flexibility index (Phi) is 8.10. The zero-order valence-electron chi connectivity index (χ0n) is 22.8. The molecule has 1 amide bonds. The van der Waals surface area contributed by atoms with Crippen molar-refractivity contribution in [2.24, 2.45) is 10.4 Å². The number of benzene rings is 2. The molecule has 1 spiro atoms. The van der Waals surface area contributed by atoms with Crippen LogP contribution >= 0.6 is 40.6 Å². The fraction of sp³-hybridized carbons (Fsp3) is 0.406. The van der Waals surface area contributed by atoms with Gasteiger partial charge in [-0.3, -0.25) is 4.79 Å². The minimum absolute atomic E-state index is 0.0568. The summed E-state index contributed by atoms with van der Waals surface area (Å²) in [6, 6.07) is 17.6. The molecule has 3 aliphatic heterocycles. The molecule has 3 fully saturated rings. The fourth-order valence-electron chi connectivity index (χ4n) is 5.96.